The number of unbranched alkanes of at least 4 members (excludes halogenated alkanes) is 4. The molecule has 0 atom stereocenters. The molecule has 0 aliphatic heterocycles. The first-order valence-corrected chi connectivity index (χ1v) is 11.1. The fraction of sp³-hybridized carbons (Fsp3) is 0.957. The van der Waals surface area contributed by atoms with Crippen molar-refractivity contribution in [2.24, 2.45) is 23.2 Å². The van der Waals surface area contributed by atoms with Gasteiger partial charge in [-0.15, -0.1) is 0 Å². The van der Waals surface area contributed by atoms with E-state index >= 15 is 0 Å². The first-order chi connectivity index (χ1) is 11.7. The van der Waals surface area contributed by atoms with Crippen molar-refractivity contribution >= 4 is 0 Å². The van der Waals surface area contributed by atoms with Crippen molar-refractivity contribution in [3.8, 4) is 6.07 Å². The van der Waals surface area contributed by atoms with Crippen molar-refractivity contribution in [1.82, 2.24) is 0 Å². The molecule has 0 aromatic rings. The molecule has 0 unspecified atom stereocenters. The minimum Gasteiger partial charge on any atom is -0.198 e. The van der Waals surface area contributed by atoms with E-state index in [1.807, 2.05) is 0 Å². The molecule has 24 heavy (non-hydrogen) atoms. The van der Waals surface area contributed by atoms with Crippen molar-refractivity contribution in [2.75, 3.05) is 0 Å². The second-order valence-electron chi connectivity index (χ2n) is 8.92. The van der Waals surface area contributed by atoms with Crippen LogP contribution in [0.2, 0.25) is 0 Å². The number of rotatable bonds is 9. The minimum atomic E-state index is 0.0512. The summed E-state index contributed by atoms with van der Waals surface area (Å²) in [7, 11) is 0. The van der Waals surface area contributed by atoms with Crippen LogP contribution < -0.4 is 0 Å². The van der Waals surface area contributed by atoms with Crippen molar-refractivity contribution in [2.45, 2.75) is 117 Å². The Balaban J connectivity index is 1.75. The molecule has 2 saturated carbocycles. The van der Waals surface area contributed by atoms with E-state index in [0.29, 0.717) is 5.92 Å². The molecule has 2 fully saturated rings. The van der Waals surface area contributed by atoms with Gasteiger partial charge in [-0.1, -0.05) is 78.1 Å². The molecule has 0 amide bonds. The molecule has 1 nitrogen and oxygen atoms in total. The largest absolute Gasteiger partial charge is 0.198 e. The number of hydrogen-bond donors (Lipinski definition) is 0. The molecule has 0 heterocycles. The third-order valence-corrected chi connectivity index (χ3v) is 7.28. The van der Waals surface area contributed by atoms with Crippen LogP contribution in [0.5, 0.6) is 0 Å². The Hall–Kier alpha value is -0.510. The van der Waals surface area contributed by atoms with Crippen LogP contribution in [0.25, 0.3) is 0 Å². The quantitative estimate of drug-likeness (QED) is 0.398. The average molecular weight is 332 g/mol. The zero-order chi connectivity index (χ0) is 17.3. The third kappa shape index (κ3) is 5.50. The van der Waals surface area contributed by atoms with E-state index in [-0.39, 0.29) is 5.41 Å². The molecule has 0 bridgehead atoms. The smallest absolute Gasteiger partial charge is 0.0692 e. The Labute approximate surface area is 151 Å². The number of hydrogen-bond acceptors (Lipinski definition) is 1. The van der Waals surface area contributed by atoms with Crippen molar-refractivity contribution in [3.05, 3.63) is 0 Å². The highest BCUT2D eigenvalue weighted by molar-refractivity contribution is 5.06. The lowest BCUT2D eigenvalue weighted by Gasteiger charge is -2.43. The van der Waals surface area contributed by atoms with Crippen LogP contribution in [0.3, 0.4) is 0 Å². The van der Waals surface area contributed by atoms with Gasteiger partial charge in [0.1, 0.15) is 0 Å². The van der Waals surface area contributed by atoms with Crippen LogP contribution in [-0.2, 0) is 0 Å². The predicted molar refractivity (Wildman–Crippen MR) is 104 cm³/mol. The van der Waals surface area contributed by atoms with E-state index in [1.54, 1.807) is 0 Å². The van der Waals surface area contributed by atoms with Crippen LogP contribution in [0.1, 0.15) is 117 Å². The summed E-state index contributed by atoms with van der Waals surface area (Å²) in [4.78, 5) is 0. The maximum atomic E-state index is 9.98. The van der Waals surface area contributed by atoms with Gasteiger partial charge < -0.3 is 0 Å². The Morgan fingerprint density at radius 1 is 0.750 bits per heavy atom. The minimum absolute atomic E-state index is 0.0512. The van der Waals surface area contributed by atoms with Crippen LogP contribution >= 0.6 is 0 Å². The molecule has 2 rings (SSSR count). The Morgan fingerprint density at radius 3 is 1.71 bits per heavy atom. The van der Waals surface area contributed by atoms with E-state index in [0.717, 1.165) is 11.8 Å². The molecule has 2 aliphatic carbocycles. The summed E-state index contributed by atoms with van der Waals surface area (Å²) in [5.41, 5.74) is 0.0512. The zero-order valence-electron chi connectivity index (χ0n) is 16.5. The lowest BCUT2D eigenvalue weighted by Crippen LogP contribution is -2.36. The molecule has 138 valence electrons. The summed E-state index contributed by atoms with van der Waals surface area (Å²) in [6.45, 7) is 4.59. The zero-order valence-corrected chi connectivity index (χ0v) is 16.5. The van der Waals surface area contributed by atoms with Crippen molar-refractivity contribution in [3.63, 3.8) is 0 Å². The molecular formula is C23H41N. The summed E-state index contributed by atoms with van der Waals surface area (Å²) in [5.74, 6) is 2.60. The van der Waals surface area contributed by atoms with Gasteiger partial charge in [-0.2, -0.15) is 5.26 Å². The molecule has 0 radical (unpaired) electrons. The van der Waals surface area contributed by atoms with Gasteiger partial charge >= 0.3 is 0 Å². The molecule has 0 aromatic carbocycles. The normalized spacial score (nSPS) is 34.0. The lowest BCUT2D eigenvalue weighted by atomic mass is 9.59. The van der Waals surface area contributed by atoms with Crippen LogP contribution in [-0.4, -0.2) is 0 Å². The Morgan fingerprint density at radius 2 is 1.25 bits per heavy atom. The van der Waals surface area contributed by atoms with Crippen LogP contribution in [0.15, 0.2) is 0 Å². The SMILES string of the molecule is CCCCCC1CCC(C2(C#N)CCC(CCCCC)CC2)CC1. The fourth-order valence-electron chi connectivity index (χ4n) is 5.46. The van der Waals surface area contributed by atoms with E-state index in [2.05, 4.69) is 19.9 Å². The Bertz CT molecular complexity index is 364. The van der Waals surface area contributed by atoms with Gasteiger partial charge in [-0.3, -0.25) is 0 Å². The molecule has 0 N–H and O–H groups in total. The molecule has 2 aliphatic rings. The summed E-state index contributed by atoms with van der Waals surface area (Å²) >= 11 is 0. The van der Waals surface area contributed by atoms with Gasteiger partial charge in [-0.25, -0.2) is 0 Å². The second kappa shape index (κ2) is 10.5. The second-order valence-corrected chi connectivity index (χ2v) is 8.92. The summed E-state index contributed by atoms with van der Waals surface area (Å²) in [6, 6.07) is 2.84. The first-order valence-electron chi connectivity index (χ1n) is 11.1. The first kappa shape index (κ1) is 19.8. The average Bonchev–Trinajstić information content (AvgIpc) is 2.63. The summed E-state index contributed by atoms with van der Waals surface area (Å²) in [6.07, 6.45) is 21.7. The predicted octanol–water partition coefficient (Wildman–Crippen LogP) is 7.65. The van der Waals surface area contributed by atoms with Crippen LogP contribution in [0.4, 0.5) is 0 Å². The monoisotopic (exact) mass is 331 g/mol. The van der Waals surface area contributed by atoms with E-state index in [4.69, 9.17) is 0 Å². The molecular weight excluding hydrogens is 290 g/mol. The highest BCUT2D eigenvalue weighted by Gasteiger charge is 2.43. The highest BCUT2D eigenvalue weighted by Crippen LogP contribution is 2.51. The Kier molecular flexibility index (Phi) is 8.65. The topological polar surface area (TPSA) is 23.8 Å². The molecule has 1 heteroatoms. The van der Waals surface area contributed by atoms with Gasteiger partial charge in [0.15, 0.2) is 0 Å². The number of nitriles is 1. The van der Waals surface area contributed by atoms with Gasteiger partial charge in [0.25, 0.3) is 0 Å². The molecule has 0 spiro atoms. The lowest BCUT2D eigenvalue weighted by molar-refractivity contribution is 0.0842. The van der Waals surface area contributed by atoms with Gasteiger partial charge in [0.2, 0.25) is 0 Å². The summed E-state index contributed by atoms with van der Waals surface area (Å²) in [5, 5.41) is 9.98. The highest BCUT2D eigenvalue weighted by atomic mass is 14.5. The molecule has 0 aromatic heterocycles. The maximum Gasteiger partial charge on any atom is 0.0692 e. The fourth-order valence-corrected chi connectivity index (χ4v) is 5.46. The number of nitrogens with zero attached hydrogens (tertiary/aromatic N) is 1. The van der Waals surface area contributed by atoms with E-state index < -0.39 is 0 Å². The standard InChI is InChI=1S/C23H41N/c1-3-5-7-9-20-11-13-22(14-12-20)23(19-24)17-15-21(16-18-23)10-8-6-4-2/h20-22H,3-18H2,1-2H3. The van der Waals surface area contributed by atoms with Gasteiger partial charge in [-0.05, 0) is 56.3 Å². The third-order valence-electron chi connectivity index (χ3n) is 7.28. The maximum absolute atomic E-state index is 9.98. The van der Waals surface area contributed by atoms with E-state index in [1.165, 1.54) is 103 Å². The van der Waals surface area contributed by atoms with E-state index in [9.17, 15) is 5.26 Å². The van der Waals surface area contributed by atoms with Crippen molar-refractivity contribution < 1.29 is 0 Å². The van der Waals surface area contributed by atoms with Gasteiger partial charge in [0.05, 0.1) is 11.5 Å². The van der Waals surface area contributed by atoms with Crippen molar-refractivity contribution in [1.29, 1.82) is 5.26 Å². The summed E-state index contributed by atoms with van der Waals surface area (Å²) < 4.78 is 0. The van der Waals surface area contributed by atoms with Gasteiger partial charge in [0, 0.05) is 0 Å². The molecule has 0 saturated heterocycles. The van der Waals surface area contributed by atoms with Crippen LogP contribution in [0, 0.1) is 34.5 Å².